The number of unbranched alkanes of at least 4 members (excludes halogenated alkanes) is 1. The molecule has 0 spiro atoms. The summed E-state index contributed by atoms with van der Waals surface area (Å²) in [7, 11) is 0. The number of anilines is 1. The van der Waals surface area contributed by atoms with Crippen LogP contribution in [0, 0.1) is 0 Å². The van der Waals surface area contributed by atoms with Crippen molar-refractivity contribution in [2.45, 2.75) is 58.3 Å². The van der Waals surface area contributed by atoms with E-state index in [0.29, 0.717) is 0 Å². The fourth-order valence-electron chi connectivity index (χ4n) is 2.58. The van der Waals surface area contributed by atoms with E-state index in [1.54, 1.807) is 6.33 Å². The van der Waals surface area contributed by atoms with Crippen molar-refractivity contribution in [3.05, 3.63) is 17.6 Å². The molecule has 0 bridgehead atoms. The molecule has 1 aliphatic rings. The summed E-state index contributed by atoms with van der Waals surface area (Å²) in [6.45, 7) is 4.83. The molecule has 2 rings (SSSR count). The molecule has 1 N–H and O–H groups in total. The second-order valence-corrected chi connectivity index (χ2v) is 5.45. The predicted octanol–water partition coefficient (Wildman–Crippen LogP) is 3.36. The maximum atomic E-state index is 5.57. The molecule has 0 radical (unpaired) electrons. The molecule has 4 nitrogen and oxygen atoms in total. The van der Waals surface area contributed by atoms with Gasteiger partial charge < -0.3 is 10.1 Å². The molecule has 0 unspecified atom stereocenters. The van der Waals surface area contributed by atoms with Gasteiger partial charge in [-0.05, 0) is 38.5 Å². The lowest BCUT2D eigenvalue weighted by molar-refractivity contribution is 0.131. The average molecular weight is 277 g/mol. The van der Waals surface area contributed by atoms with Crippen molar-refractivity contribution >= 4 is 5.82 Å². The van der Waals surface area contributed by atoms with Crippen molar-refractivity contribution < 1.29 is 4.74 Å². The second-order valence-electron chi connectivity index (χ2n) is 5.45. The Bertz CT molecular complexity index is 395. The summed E-state index contributed by atoms with van der Waals surface area (Å²) in [6.07, 6.45) is 11.1. The molecule has 0 fully saturated rings. The quantitative estimate of drug-likeness (QED) is 0.584. The van der Waals surface area contributed by atoms with Crippen molar-refractivity contribution in [1.29, 1.82) is 0 Å². The van der Waals surface area contributed by atoms with Gasteiger partial charge in [-0.1, -0.05) is 19.8 Å². The van der Waals surface area contributed by atoms with Gasteiger partial charge in [-0.3, -0.25) is 0 Å². The van der Waals surface area contributed by atoms with Crippen LogP contribution in [0.4, 0.5) is 5.82 Å². The standard InChI is InChI=1S/C16H27N3O/c1-2-3-11-20-12-7-10-17-16-14-8-5-4-6-9-15(14)18-13-19-16/h13H,2-12H2,1H3,(H,17,18,19). The lowest BCUT2D eigenvalue weighted by Crippen LogP contribution is -2.11. The first-order chi connectivity index (χ1) is 9.92. The number of hydrogen-bond acceptors (Lipinski definition) is 4. The Kier molecular flexibility index (Phi) is 6.78. The molecule has 0 aromatic carbocycles. The van der Waals surface area contributed by atoms with Gasteiger partial charge in [-0.25, -0.2) is 9.97 Å². The van der Waals surface area contributed by atoms with Crippen LogP contribution in [-0.2, 0) is 17.6 Å². The molecular weight excluding hydrogens is 250 g/mol. The van der Waals surface area contributed by atoms with E-state index in [0.717, 1.165) is 51.3 Å². The summed E-state index contributed by atoms with van der Waals surface area (Å²) < 4.78 is 5.57. The van der Waals surface area contributed by atoms with Gasteiger partial charge in [0.05, 0.1) is 0 Å². The molecule has 1 aromatic rings. The van der Waals surface area contributed by atoms with Gasteiger partial charge in [0.15, 0.2) is 0 Å². The van der Waals surface area contributed by atoms with E-state index >= 15 is 0 Å². The predicted molar refractivity (Wildman–Crippen MR) is 82.1 cm³/mol. The lowest BCUT2D eigenvalue weighted by atomic mass is 10.1. The SMILES string of the molecule is CCCCOCCCNc1ncnc2c1CCCCC2. The Labute approximate surface area is 122 Å². The van der Waals surface area contributed by atoms with Crippen molar-refractivity contribution in [2.24, 2.45) is 0 Å². The normalized spacial score (nSPS) is 14.7. The van der Waals surface area contributed by atoms with Crippen molar-refractivity contribution in [3.8, 4) is 0 Å². The number of aryl methyl sites for hydroxylation is 1. The van der Waals surface area contributed by atoms with E-state index in [1.807, 2.05) is 0 Å². The summed E-state index contributed by atoms with van der Waals surface area (Å²) in [5.41, 5.74) is 2.59. The monoisotopic (exact) mass is 277 g/mol. The van der Waals surface area contributed by atoms with Crippen molar-refractivity contribution in [1.82, 2.24) is 9.97 Å². The third-order valence-electron chi connectivity index (χ3n) is 3.78. The molecule has 0 aliphatic heterocycles. The van der Waals surface area contributed by atoms with Gasteiger partial charge in [0.2, 0.25) is 0 Å². The highest BCUT2D eigenvalue weighted by Crippen LogP contribution is 2.23. The van der Waals surface area contributed by atoms with E-state index in [4.69, 9.17) is 4.74 Å². The van der Waals surface area contributed by atoms with Crippen LogP contribution >= 0.6 is 0 Å². The minimum Gasteiger partial charge on any atom is -0.381 e. The Balaban J connectivity index is 1.75. The van der Waals surface area contributed by atoms with Gasteiger partial charge in [-0.2, -0.15) is 0 Å². The fraction of sp³-hybridized carbons (Fsp3) is 0.750. The number of aromatic nitrogens is 2. The van der Waals surface area contributed by atoms with Crippen LogP contribution in [0.1, 0.15) is 56.7 Å². The number of rotatable bonds is 8. The molecule has 1 heterocycles. The maximum absolute atomic E-state index is 5.57. The van der Waals surface area contributed by atoms with Crippen LogP contribution in [-0.4, -0.2) is 29.7 Å². The summed E-state index contributed by atoms with van der Waals surface area (Å²) in [5, 5.41) is 3.46. The Morgan fingerprint density at radius 2 is 1.95 bits per heavy atom. The molecule has 1 aromatic heterocycles. The second kappa shape index (κ2) is 8.90. The van der Waals surface area contributed by atoms with Gasteiger partial charge in [0, 0.05) is 31.0 Å². The van der Waals surface area contributed by atoms with Crippen LogP contribution < -0.4 is 5.32 Å². The third-order valence-corrected chi connectivity index (χ3v) is 3.78. The topological polar surface area (TPSA) is 47.0 Å². The first-order valence-electron chi connectivity index (χ1n) is 8.06. The molecule has 0 atom stereocenters. The molecule has 0 saturated carbocycles. The third kappa shape index (κ3) is 4.75. The van der Waals surface area contributed by atoms with Gasteiger partial charge in [-0.15, -0.1) is 0 Å². The van der Waals surface area contributed by atoms with E-state index < -0.39 is 0 Å². The molecular formula is C16H27N3O. The van der Waals surface area contributed by atoms with Crippen molar-refractivity contribution in [3.63, 3.8) is 0 Å². The largest absolute Gasteiger partial charge is 0.381 e. The van der Waals surface area contributed by atoms with Gasteiger partial charge in [0.1, 0.15) is 12.1 Å². The van der Waals surface area contributed by atoms with E-state index in [-0.39, 0.29) is 0 Å². The van der Waals surface area contributed by atoms with Crippen LogP contribution in [0.5, 0.6) is 0 Å². The molecule has 4 heteroatoms. The van der Waals surface area contributed by atoms with E-state index in [9.17, 15) is 0 Å². The fourth-order valence-corrected chi connectivity index (χ4v) is 2.58. The average Bonchev–Trinajstić information content (AvgIpc) is 2.72. The summed E-state index contributed by atoms with van der Waals surface area (Å²) in [4.78, 5) is 8.86. The van der Waals surface area contributed by atoms with Crippen LogP contribution in [0.2, 0.25) is 0 Å². The Morgan fingerprint density at radius 1 is 1.10 bits per heavy atom. The smallest absolute Gasteiger partial charge is 0.132 e. The highest BCUT2D eigenvalue weighted by molar-refractivity contribution is 5.46. The molecule has 1 aliphatic carbocycles. The zero-order valence-electron chi connectivity index (χ0n) is 12.7. The van der Waals surface area contributed by atoms with Crippen molar-refractivity contribution in [2.75, 3.05) is 25.1 Å². The number of ether oxygens (including phenoxy) is 1. The minimum absolute atomic E-state index is 0.834. The van der Waals surface area contributed by atoms with E-state index in [1.165, 1.54) is 36.9 Å². The molecule has 20 heavy (non-hydrogen) atoms. The zero-order chi connectivity index (χ0) is 14.0. The van der Waals surface area contributed by atoms with Crippen LogP contribution in [0.3, 0.4) is 0 Å². The minimum atomic E-state index is 0.834. The summed E-state index contributed by atoms with van der Waals surface area (Å²) in [6, 6.07) is 0. The highest BCUT2D eigenvalue weighted by atomic mass is 16.5. The van der Waals surface area contributed by atoms with Gasteiger partial charge >= 0.3 is 0 Å². The molecule has 0 saturated heterocycles. The van der Waals surface area contributed by atoms with Gasteiger partial charge in [0.25, 0.3) is 0 Å². The summed E-state index contributed by atoms with van der Waals surface area (Å²) >= 11 is 0. The lowest BCUT2D eigenvalue weighted by Gasteiger charge is -2.12. The number of nitrogens with zero attached hydrogens (tertiary/aromatic N) is 2. The highest BCUT2D eigenvalue weighted by Gasteiger charge is 2.13. The number of fused-ring (bicyclic) bond motifs is 1. The summed E-state index contributed by atoms with van der Waals surface area (Å²) in [5.74, 6) is 1.05. The molecule has 0 amide bonds. The first kappa shape index (κ1) is 15.2. The van der Waals surface area contributed by atoms with Crippen LogP contribution in [0.25, 0.3) is 0 Å². The maximum Gasteiger partial charge on any atom is 0.132 e. The molecule has 112 valence electrons. The van der Waals surface area contributed by atoms with E-state index in [2.05, 4.69) is 22.2 Å². The number of hydrogen-bond donors (Lipinski definition) is 1. The Hall–Kier alpha value is -1.16. The van der Waals surface area contributed by atoms with Crippen LogP contribution in [0.15, 0.2) is 6.33 Å². The Morgan fingerprint density at radius 3 is 2.85 bits per heavy atom. The first-order valence-corrected chi connectivity index (χ1v) is 8.06. The number of nitrogens with one attached hydrogen (secondary N) is 1. The zero-order valence-corrected chi connectivity index (χ0v) is 12.7.